The van der Waals surface area contributed by atoms with Crippen molar-refractivity contribution in [2.24, 2.45) is 0 Å². The van der Waals surface area contributed by atoms with Crippen molar-refractivity contribution in [3.05, 3.63) is 62.6 Å². The number of hydrogen-bond donors (Lipinski definition) is 1. The Bertz CT molecular complexity index is 677. The lowest BCUT2D eigenvalue weighted by atomic mass is 10.1. The lowest BCUT2D eigenvalue weighted by Crippen LogP contribution is -2.08. The van der Waals surface area contributed by atoms with Gasteiger partial charge in [-0.3, -0.25) is 0 Å². The van der Waals surface area contributed by atoms with Gasteiger partial charge in [-0.2, -0.15) is 5.26 Å². The highest BCUT2D eigenvalue weighted by molar-refractivity contribution is 6.35. The molecular weight excluding hydrogens is 315 g/mol. The van der Waals surface area contributed by atoms with Crippen molar-refractivity contribution in [2.45, 2.75) is 13.0 Å². The third-order valence-corrected chi connectivity index (χ3v) is 3.70. The predicted molar refractivity (Wildman–Crippen MR) is 84.7 cm³/mol. The lowest BCUT2D eigenvalue weighted by molar-refractivity contribution is 0.884. The van der Waals surface area contributed by atoms with Gasteiger partial charge in [0.15, 0.2) is 0 Å². The van der Waals surface area contributed by atoms with Crippen LogP contribution in [0.5, 0.6) is 0 Å². The molecule has 0 spiro atoms. The maximum atomic E-state index is 9.11. The fourth-order valence-corrected chi connectivity index (χ4v) is 2.64. The normalized spacial score (nSPS) is 11.8. The Balaban J connectivity index is 2.30. The molecule has 0 heterocycles. The average molecular weight is 326 g/mol. The summed E-state index contributed by atoms with van der Waals surface area (Å²) in [4.78, 5) is 0. The number of nitrogens with zero attached hydrogens (tertiary/aromatic N) is 1. The second kappa shape index (κ2) is 6.37. The molecule has 0 saturated heterocycles. The summed E-state index contributed by atoms with van der Waals surface area (Å²) in [5.41, 5.74) is 2.12. The SMILES string of the molecule is CC(Nc1cc(Cl)ccc1C#N)c1ccc(Cl)cc1Cl. The first-order valence-corrected chi connectivity index (χ1v) is 7.06. The van der Waals surface area contributed by atoms with Crippen molar-refractivity contribution >= 4 is 40.5 Å². The Morgan fingerprint density at radius 1 is 1.05 bits per heavy atom. The van der Waals surface area contributed by atoms with Crippen LogP contribution in [-0.2, 0) is 0 Å². The molecule has 0 aliphatic heterocycles. The summed E-state index contributed by atoms with van der Waals surface area (Å²) >= 11 is 18.0. The van der Waals surface area contributed by atoms with Crippen molar-refractivity contribution in [1.82, 2.24) is 0 Å². The molecule has 0 fully saturated rings. The van der Waals surface area contributed by atoms with Gasteiger partial charge in [-0.1, -0.05) is 40.9 Å². The van der Waals surface area contributed by atoms with E-state index in [1.165, 1.54) is 0 Å². The maximum absolute atomic E-state index is 9.11. The van der Waals surface area contributed by atoms with Gasteiger partial charge in [0.1, 0.15) is 6.07 Å². The molecule has 102 valence electrons. The van der Waals surface area contributed by atoms with E-state index in [0.29, 0.717) is 26.3 Å². The minimum atomic E-state index is -0.0784. The molecule has 2 rings (SSSR count). The Hall–Kier alpha value is -1.40. The molecule has 2 aromatic rings. The van der Waals surface area contributed by atoms with Crippen LogP contribution in [0.15, 0.2) is 36.4 Å². The van der Waals surface area contributed by atoms with Crippen molar-refractivity contribution in [2.75, 3.05) is 5.32 Å². The number of rotatable bonds is 3. The molecule has 5 heteroatoms. The monoisotopic (exact) mass is 324 g/mol. The largest absolute Gasteiger partial charge is 0.377 e. The molecule has 0 bridgehead atoms. The van der Waals surface area contributed by atoms with Gasteiger partial charge in [-0.15, -0.1) is 0 Å². The molecular formula is C15H11Cl3N2. The van der Waals surface area contributed by atoms with E-state index in [2.05, 4.69) is 11.4 Å². The first kappa shape index (κ1) is 15.0. The van der Waals surface area contributed by atoms with E-state index in [-0.39, 0.29) is 6.04 Å². The van der Waals surface area contributed by atoms with Crippen LogP contribution in [0.2, 0.25) is 15.1 Å². The topological polar surface area (TPSA) is 35.8 Å². The summed E-state index contributed by atoms with van der Waals surface area (Å²) in [6, 6.07) is 12.5. The number of benzene rings is 2. The Morgan fingerprint density at radius 2 is 1.70 bits per heavy atom. The highest BCUT2D eigenvalue weighted by Crippen LogP contribution is 2.30. The molecule has 0 radical (unpaired) electrons. The summed E-state index contributed by atoms with van der Waals surface area (Å²) in [6.45, 7) is 1.96. The summed E-state index contributed by atoms with van der Waals surface area (Å²) in [5.74, 6) is 0. The molecule has 0 aliphatic carbocycles. The quantitative estimate of drug-likeness (QED) is 0.786. The van der Waals surface area contributed by atoms with E-state index < -0.39 is 0 Å². The molecule has 1 unspecified atom stereocenters. The van der Waals surface area contributed by atoms with Crippen LogP contribution in [0, 0.1) is 11.3 Å². The number of nitriles is 1. The summed E-state index contributed by atoms with van der Waals surface area (Å²) in [6.07, 6.45) is 0. The van der Waals surface area contributed by atoms with Gasteiger partial charge in [0.05, 0.1) is 17.3 Å². The Morgan fingerprint density at radius 3 is 2.35 bits per heavy atom. The standard InChI is InChI=1S/C15H11Cl3N2/c1-9(13-5-4-11(16)6-14(13)18)20-15-7-12(17)3-2-10(15)8-19/h2-7,9,20H,1H3. The van der Waals surface area contributed by atoms with E-state index in [1.807, 2.05) is 13.0 Å². The summed E-state index contributed by atoms with van der Waals surface area (Å²) in [5, 5.41) is 14.1. The van der Waals surface area contributed by atoms with Gasteiger partial charge in [-0.25, -0.2) is 0 Å². The van der Waals surface area contributed by atoms with Crippen LogP contribution < -0.4 is 5.32 Å². The second-order valence-corrected chi connectivity index (χ2v) is 5.61. The van der Waals surface area contributed by atoms with Gasteiger partial charge in [0.2, 0.25) is 0 Å². The van der Waals surface area contributed by atoms with Crippen LogP contribution in [0.4, 0.5) is 5.69 Å². The minimum absolute atomic E-state index is 0.0784. The predicted octanol–water partition coefficient (Wildman–Crippen LogP) is 5.69. The van der Waals surface area contributed by atoms with Gasteiger partial charge in [0.25, 0.3) is 0 Å². The van der Waals surface area contributed by atoms with E-state index in [0.717, 1.165) is 5.56 Å². The summed E-state index contributed by atoms with van der Waals surface area (Å²) < 4.78 is 0. The highest BCUT2D eigenvalue weighted by atomic mass is 35.5. The molecule has 0 amide bonds. The maximum Gasteiger partial charge on any atom is 0.101 e. The number of halogens is 3. The molecule has 0 aromatic heterocycles. The van der Waals surface area contributed by atoms with Gasteiger partial charge in [0, 0.05) is 15.1 Å². The van der Waals surface area contributed by atoms with Crippen molar-refractivity contribution in [3.63, 3.8) is 0 Å². The first-order valence-electron chi connectivity index (χ1n) is 5.92. The van der Waals surface area contributed by atoms with Gasteiger partial charge < -0.3 is 5.32 Å². The molecule has 20 heavy (non-hydrogen) atoms. The summed E-state index contributed by atoms with van der Waals surface area (Å²) in [7, 11) is 0. The van der Waals surface area contributed by atoms with E-state index >= 15 is 0 Å². The van der Waals surface area contributed by atoms with Crippen LogP contribution in [0.25, 0.3) is 0 Å². The highest BCUT2D eigenvalue weighted by Gasteiger charge is 2.12. The third kappa shape index (κ3) is 3.37. The van der Waals surface area contributed by atoms with Crippen LogP contribution in [0.3, 0.4) is 0 Å². The zero-order valence-electron chi connectivity index (χ0n) is 10.6. The van der Waals surface area contributed by atoms with Crippen LogP contribution >= 0.6 is 34.8 Å². The lowest BCUT2D eigenvalue weighted by Gasteiger charge is -2.18. The molecule has 2 aromatic carbocycles. The average Bonchev–Trinajstić information content (AvgIpc) is 2.38. The molecule has 2 nitrogen and oxygen atoms in total. The van der Waals surface area contributed by atoms with Crippen LogP contribution in [0.1, 0.15) is 24.1 Å². The molecule has 0 saturated carbocycles. The minimum Gasteiger partial charge on any atom is -0.377 e. The zero-order valence-corrected chi connectivity index (χ0v) is 12.9. The fraction of sp³-hybridized carbons (Fsp3) is 0.133. The fourth-order valence-electron chi connectivity index (χ4n) is 1.90. The van der Waals surface area contributed by atoms with Crippen LogP contribution in [-0.4, -0.2) is 0 Å². The van der Waals surface area contributed by atoms with E-state index in [1.54, 1.807) is 30.3 Å². The van der Waals surface area contributed by atoms with E-state index in [4.69, 9.17) is 40.1 Å². The molecule has 1 N–H and O–H groups in total. The number of hydrogen-bond acceptors (Lipinski definition) is 2. The molecule has 1 atom stereocenters. The van der Waals surface area contributed by atoms with Gasteiger partial charge in [-0.05, 0) is 42.8 Å². The third-order valence-electron chi connectivity index (χ3n) is 2.90. The number of nitrogens with one attached hydrogen (secondary N) is 1. The van der Waals surface area contributed by atoms with E-state index in [9.17, 15) is 0 Å². The van der Waals surface area contributed by atoms with Crippen molar-refractivity contribution in [3.8, 4) is 6.07 Å². The van der Waals surface area contributed by atoms with Gasteiger partial charge >= 0.3 is 0 Å². The second-order valence-electron chi connectivity index (χ2n) is 4.33. The first-order chi connectivity index (χ1) is 9.51. The van der Waals surface area contributed by atoms with Crippen molar-refractivity contribution in [1.29, 1.82) is 5.26 Å². The Labute approximate surface area is 132 Å². The Kier molecular flexibility index (Phi) is 4.77. The zero-order chi connectivity index (χ0) is 14.7. The number of anilines is 1. The smallest absolute Gasteiger partial charge is 0.101 e. The van der Waals surface area contributed by atoms with Crippen molar-refractivity contribution < 1.29 is 0 Å². The molecule has 0 aliphatic rings.